The van der Waals surface area contributed by atoms with Gasteiger partial charge in [0.25, 0.3) is 0 Å². The number of hydrogen-bond donors (Lipinski definition) is 1. The van der Waals surface area contributed by atoms with Crippen LogP contribution in [-0.4, -0.2) is 44.9 Å². The third-order valence-corrected chi connectivity index (χ3v) is 4.35. The second kappa shape index (κ2) is 6.12. The minimum absolute atomic E-state index is 0.421. The van der Waals surface area contributed by atoms with Crippen LogP contribution in [0.3, 0.4) is 0 Å². The lowest BCUT2D eigenvalue weighted by Crippen LogP contribution is -2.36. The number of nitrogens with zero attached hydrogens (tertiary/aromatic N) is 1. The molecule has 0 radical (unpaired) electrons. The van der Waals surface area contributed by atoms with Gasteiger partial charge in [0, 0.05) is 31.2 Å². The van der Waals surface area contributed by atoms with Crippen molar-refractivity contribution in [1.82, 2.24) is 10.2 Å². The Bertz CT molecular complexity index is 470. The summed E-state index contributed by atoms with van der Waals surface area (Å²) in [5, 5.41) is 3.51. The van der Waals surface area contributed by atoms with Crippen LogP contribution in [0.25, 0.3) is 0 Å². The number of hydrogen-bond acceptors (Lipinski definition) is 4. The largest absolute Gasteiger partial charge is 0.496 e. The standard InChI is InChI=1S/C16H24N2O2/c1-12-15-10-16(19-2)14(9-13(15)3-4-17-12)11-18-5-7-20-8-6-18/h9-10,12,17H,3-8,11H2,1-2H3. The second-order valence-corrected chi connectivity index (χ2v) is 5.68. The maximum Gasteiger partial charge on any atom is 0.123 e. The predicted octanol–water partition coefficient (Wildman–Crippen LogP) is 1.73. The van der Waals surface area contributed by atoms with Gasteiger partial charge in [-0.1, -0.05) is 6.07 Å². The van der Waals surface area contributed by atoms with Crippen LogP contribution in [0.2, 0.25) is 0 Å². The smallest absolute Gasteiger partial charge is 0.123 e. The lowest BCUT2D eigenvalue weighted by atomic mass is 9.92. The molecule has 1 atom stereocenters. The van der Waals surface area contributed by atoms with E-state index in [1.54, 1.807) is 7.11 Å². The summed E-state index contributed by atoms with van der Waals surface area (Å²) in [4.78, 5) is 2.44. The van der Waals surface area contributed by atoms with Gasteiger partial charge in [0.1, 0.15) is 5.75 Å². The summed E-state index contributed by atoms with van der Waals surface area (Å²) < 4.78 is 11.0. The Labute approximate surface area is 121 Å². The molecule has 1 saturated heterocycles. The van der Waals surface area contributed by atoms with Gasteiger partial charge < -0.3 is 14.8 Å². The van der Waals surface area contributed by atoms with Crippen LogP contribution >= 0.6 is 0 Å². The molecule has 1 aromatic carbocycles. The van der Waals surface area contributed by atoms with Crippen molar-refractivity contribution in [1.29, 1.82) is 0 Å². The molecular weight excluding hydrogens is 252 g/mol. The average Bonchev–Trinajstić information content (AvgIpc) is 2.48. The number of fused-ring (bicyclic) bond motifs is 1. The lowest BCUT2D eigenvalue weighted by Gasteiger charge is -2.29. The Hall–Kier alpha value is -1.10. The molecule has 2 aliphatic heterocycles. The maximum atomic E-state index is 5.62. The highest BCUT2D eigenvalue weighted by molar-refractivity contribution is 5.45. The molecule has 0 aliphatic carbocycles. The number of benzene rings is 1. The molecule has 2 heterocycles. The van der Waals surface area contributed by atoms with Crippen molar-refractivity contribution in [3.05, 3.63) is 28.8 Å². The number of rotatable bonds is 3. The molecule has 3 rings (SSSR count). The van der Waals surface area contributed by atoms with Gasteiger partial charge in [-0.05, 0) is 37.1 Å². The van der Waals surface area contributed by atoms with Crippen molar-refractivity contribution in [2.75, 3.05) is 40.0 Å². The van der Waals surface area contributed by atoms with Crippen LogP contribution < -0.4 is 10.1 Å². The van der Waals surface area contributed by atoms with Gasteiger partial charge in [-0.2, -0.15) is 0 Å². The summed E-state index contributed by atoms with van der Waals surface area (Å²) >= 11 is 0. The Kier molecular flexibility index (Phi) is 4.24. The molecule has 20 heavy (non-hydrogen) atoms. The van der Waals surface area contributed by atoms with Gasteiger partial charge in [-0.25, -0.2) is 0 Å². The van der Waals surface area contributed by atoms with E-state index in [-0.39, 0.29) is 0 Å². The Morgan fingerprint density at radius 2 is 2.15 bits per heavy atom. The van der Waals surface area contributed by atoms with E-state index in [2.05, 4.69) is 29.3 Å². The van der Waals surface area contributed by atoms with Crippen LogP contribution in [0, 0.1) is 0 Å². The SMILES string of the molecule is COc1cc2c(cc1CN1CCOCC1)CCNC2C. The highest BCUT2D eigenvalue weighted by Gasteiger charge is 2.20. The van der Waals surface area contributed by atoms with Crippen molar-refractivity contribution in [2.24, 2.45) is 0 Å². The lowest BCUT2D eigenvalue weighted by molar-refractivity contribution is 0.0338. The molecule has 1 fully saturated rings. The van der Waals surface area contributed by atoms with Crippen molar-refractivity contribution < 1.29 is 9.47 Å². The van der Waals surface area contributed by atoms with E-state index in [4.69, 9.17) is 9.47 Å². The summed E-state index contributed by atoms with van der Waals surface area (Å²) in [5.74, 6) is 1.02. The minimum Gasteiger partial charge on any atom is -0.496 e. The first-order valence-electron chi connectivity index (χ1n) is 7.51. The zero-order chi connectivity index (χ0) is 13.9. The monoisotopic (exact) mass is 276 g/mol. The molecule has 4 heteroatoms. The Morgan fingerprint density at radius 1 is 1.35 bits per heavy atom. The highest BCUT2D eigenvalue weighted by Crippen LogP contribution is 2.31. The molecular formula is C16H24N2O2. The summed E-state index contributed by atoms with van der Waals surface area (Å²) in [6, 6.07) is 4.99. The molecule has 110 valence electrons. The zero-order valence-corrected chi connectivity index (χ0v) is 12.4. The quantitative estimate of drug-likeness (QED) is 0.912. The molecule has 0 saturated carbocycles. The first-order chi connectivity index (χ1) is 9.78. The number of ether oxygens (including phenoxy) is 2. The first-order valence-corrected chi connectivity index (χ1v) is 7.51. The molecule has 0 bridgehead atoms. The fourth-order valence-corrected chi connectivity index (χ4v) is 3.16. The molecule has 0 amide bonds. The number of nitrogens with one attached hydrogen (secondary N) is 1. The third-order valence-electron chi connectivity index (χ3n) is 4.35. The second-order valence-electron chi connectivity index (χ2n) is 5.68. The highest BCUT2D eigenvalue weighted by atomic mass is 16.5. The molecule has 2 aliphatic rings. The zero-order valence-electron chi connectivity index (χ0n) is 12.4. The van der Waals surface area contributed by atoms with Gasteiger partial charge in [0.2, 0.25) is 0 Å². The van der Waals surface area contributed by atoms with Crippen molar-refractivity contribution in [3.8, 4) is 5.75 Å². The fourth-order valence-electron chi connectivity index (χ4n) is 3.16. The van der Waals surface area contributed by atoms with E-state index in [0.29, 0.717) is 6.04 Å². The maximum absolute atomic E-state index is 5.62. The van der Waals surface area contributed by atoms with Crippen molar-refractivity contribution >= 4 is 0 Å². The molecule has 1 unspecified atom stereocenters. The van der Waals surface area contributed by atoms with Crippen LogP contribution in [0.15, 0.2) is 12.1 Å². The summed E-state index contributed by atoms with van der Waals surface area (Å²) in [7, 11) is 1.77. The van der Waals surface area contributed by atoms with E-state index in [1.807, 2.05) is 0 Å². The average molecular weight is 276 g/mol. The molecule has 4 nitrogen and oxygen atoms in total. The van der Waals surface area contributed by atoms with Crippen LogP contribution in [0.1, 0.15) is 29.7 Å². The van der Waals surface area contributed by atoms with Gasteiger partial charge in [0.05, 0.1) is 20.3 Å². The van der Waals surface area contributed by atoms with Crippen LogP contribution in [0.5, 0.6) is 5.75 Å². The minimum atomic E-state index is 0.421. The van der Waals surface area contributed by atoms with E-state index >= 15 is 0 Å². The van der Waals surface area contributed by atoms with Crippen LogP contribution in [-0.2, 0) is 17.7 Å². The predicted molar refractivity (Wildman–Crippen MR) is 79.2 cm³/mol. The normalized spacial score (nSPS) is 23.4. The molecule has 0 aromatic heterocycles. The van der Waals surface area contributed by atoms with Gasteiger partial charge in [-0.3, -0.25) is 4.90 Å². The van der Waals surface area contributed by atoms with Gasteiger partial charge in [-0.15, -0.1) is 0 Å². The van der Waals surface area contributed by atoms with E-state index in [0.717, 1.165) is 51.6 Å². The van der Waals surface area contributed by atoms with Crippen LogP contribution in [0.4, 0.5) is 0 Å². The summed E-state index contributed by atoms with van der Waals surface area (Å²) in [6.07, 6.45) is 1.11. The first kappa shape index (κ1) is 13.9. The van der Waals surface area contributed by atoms with E-state index in [9.17, 15) is 0 Å². The molecule has 0 spiro atoms. The number of methoxy groups -OCH3 is 1. The van der Waals surface area contributed by atoms with Crippen molar-refractivity contribution in [2.45, 2.75) is 25.9 Å². The van der Waals surface area contributed by atoms with E-state index < -0.39 is 0 Å². The number of morpholine rings is 1. The molecule has 1 N–H and O–H groups in total. The summed E-state index contributed by atoms with van der Waals surface area (Å²) in [6.45, 7) is 7.96. The van der Waals surface area contributed by atoms with Crippen molar-refractivity contribution in [3.63, 3.8) is 0 Å². The summed E-state index contributed by atoms with van der Waals surface area (Å²) in [5.41, 5.74) is 4.17. The van der Waals surface area contributed by atoms with E-state index in [1.165, 1.54) is 16.7 Å². The Morgan fingerprint density at radius 3 is 2.90 bits per heavy atom. The fraction of sp³-hybridized carbons (Fsp3) is 0.625. The molecule has 1 aromatic rings. The van der Waals surface area contributed by atoms with Gasteiger partial charge >= 0.3 is 0 Å². The Balaban J connectivity index is 1.85. The third kappa shape index (κ3) is 2.82. The topological polar surface area (TPSA) is 33.7 Å². The van der Waals surface area contributed by atoms with Gasteiger partial charge in [0.15, 0.2) is 0 Å².